The minimum atomic E-state index is -0.504. The molecule has 18 heavy (non-hydrogen) atoms. The highest BCUT2D eigenvalue weighted by Crippen LogP contribution is 2.26. The maximum atomic E-state index is 6.12. The molecule has 2 N–H and O–H groups in total. The van der Waals surface area contributed by atoms with Crippen molar-refractivity contribution in [2.45, 2.75) is 25.9 Å². The number of nitrogens with two attached hydrogens (primary N) is 1. The van der Waals surface area contributed by atoms with Crippen molar-refractivity contribution in [2.24, 2.45) is 5.73 Å². The number of rotatable bonds is 3. The molecule has 4 nitrogen and oxygen atoms in total. The third-order valence-electron chi connectivity index (χ3n) is 2.56. The molecule has 0 atom stereocenters. The van der Waals surface area contributed by atoms with Crippen LogP contribution in [-0.2, 0) is 12.1 Å². The van der Waals surface area contributed by atoms with E-state index in [0.717, 1.165) is 11.3 Å². The quantitative estimate of drug-likeness (QED) is 0.943. The van der Waals surface area contributed by atoms with Crippen LogP contribution in [0.2, 0.25) is 10.0 Å². The Labute approximate surface area is 116 Å². The van der Waals surface area contributed by atoms with Crippen molar-refractivity contribution < 1.29 is 0 Å². The molecule has 0 saturated carbocycles. The van der Waals surface area contributed by atoms with Crippen molar-refractivity contribution in [3.63, 3.8) is 0 Å². The van der Waals surface area contributed by atoms with Gasteiger partial charge >= 0.3 is 0 Å². The summed E-state index contributed by atoms with van der Waals surface area (Å²) in [4.78, 5) is 0. The van der Waals surface area contributed by atoms with E-state index in [1.165, 1.54) is 0 Å². The highest BCUT2D eigenvalue weighted by atomic mass is 35.5. The number of nitrogens with zero attached hydrogens (tertiary/aromatic N) is 3. The van der Waals surface area contributed by atoms with Crippen molar-refractivity contribution in [1.29, 1.82) is 0 Å². The molecule has 0 radical (unpaired) electrons. The lowest BCUT2D eigenvalue weighted by Crippen LogP contribution is -2.29. The van der Waals surface area contributed by atoms with E-state index in [0.29, 0.717) is 16.6 Å². The van der Waals surface area contributed by atoms with Gasteiger partial charge in [0.15, 0.2) is 0 Å². The van der Waals surface area contributed by atoms with E-state index in [1.807, 2.05) is 32.2 Å². The molecule has 1 aromatic carbocycles. The van der Waals surface area contributed by atoms with Crippen molar-refractivity contribution in [3.05, 3.63) is 45.7 Å². The van der Waals surface area contributed by atoms with Crippen LogP contribution >= 0.6 is 23.2 Å². The predicted molar refractivity (Wildman–Crippen MR) is 72.8 cm³/mol. The standard InChI is InChI=1S/C12H14Cl2N4/c1-12(2,15)10-7-18(17-16-10)6-8-4-3-5-9(13)11(8)14/h3-5,7H,6,15H2,1-2H3. The minimum absolute atomic E-state index is 0.504. The Balaban J connectivity index is 2.24. The van der Waals surface area contributed by atoms with Gasteiger partial charge in [0.2, 0.25) is 0 Å². The number of hydrogen-bond acceptors (Lipinski definition) is 3. The lowest BCUT2D eigenvalue weighted by atomic mass is 10.0. The van der Waals surface area contributed by atoms with E-state index in [2.05, 4.69) is 10.3 Å². The van der Waals surface area contributed by atoms with E-state index in [1.54, 1.807) is 10.7 Å². The van der Waals surface area contributed by atoms with Crippen LogP contribution in [0, 0.1) is 0 Å². The fourth-order valence-electron chi connectivity index (χ4n) is 1.52. The van der Waals surface area contributed by atoms with E-state index in [4.69, 9.17) is 28.9 Å². The van der Waals surface area contributed by atoms with Crippen molar-refractivity contribution in [3.8, 4) is 0 Å². The van der Waals surface area contributed by atoms with Gasteiger partial charge in [-0.05, 0) is 25.5 Å². The molecule has 0 amide bonds. The molecule has 0 fully saturated rings. The first kappa shape index (κ1) is 13.3. The molecule has 0 unspecified atom stereocenters. The third-order valence-corrected chi connectivity index (χ3v) is 3.42. The molecule has 1 aromatic heterocycles. The van der Waals surface area contributed by atoms with Gasteiger partial charge in [0.05, 0.1) is 28.3 Å². The zero-order valence-electron chi connectivity index (χ0n) is 10.2. The minimum Gasteiger partial charge on any atom is -0.320 e. The second-order valence-corrected chi connectivity index (χ2v) is 5.52. The Morgan fingerprint density at radius 1 is 1.33 bits per heavy atom. The van der Waals surface area contributed by atoms with Gasteiger partial charge in [0.25, 0.3) is 0 Å². The fraction of sp³-hybridized carbons (Fsp3) is 0.333. The molecule has 2 rings (SSSR count). The monoisotopic (exact) mass is 284 g/mol. The van der Waals surface area contributed by atoms with Crippen molar-refractivity contribution in [1.82, 2.24) is 15.0 Å². The van der Waals surface area contributed by atoms with E-state index in [9.17, 15) is 0 Å². The van der Waals surface area contributed by atoms with Gasteiger partial charge in [-0.2, -0.15) is 0 Å². The summed E-state index contributed by atoms with van der Waals surface area (Å²) in [6, 6.07) is 5.51. The Morgan fingerprint density at radius 2 is 2.06 bits per heavy atom. The summed E-state index contributed by atoms with van der Waals surface area (Å²) in [7, 11) is 0. The Bertz CT molecular complexity index is 557. The lowest BCUT2D eigenvalue weighted by Gasteiger charge is -2.13. The molecule has 2 aromatic rings. The summed E-state index contributed by atoms with van der Waals surface area (Å²) >= 11 is 12.1. The second-order valence-electron chi connectivity index (χ2n) is 4.74. The zero-order chi connectivity index (χ0) is 13.3. The van der Waals surface area contributed by atoms with Crippen molar-refractivity contribution >= 4 is 23.2 Å². The zero-order valence-corrected chi connectivity index (χ0v) is 11.7. The number of aromatic nitrogens is 3. The van der Waals surface area contributed by atoms with Crippen LogP contribution in [0.4, 0.5) is 0 Å². The number of benzene rings is 1. The van der Waals surface area contributed by atoms with E-state index in [-0.39, 0.29) is 0 Å². The summed E-state index contributed by atoms with van der Waals surface area (Å²) in [5.74, 6) is 0. The Hall–Kier alpha value is -1.10. The molecule has 1 heterocycles. The molecular formula is C12H14Cl2N4. The predicted octanol–water partition coefficient (Wildman–Crippen LogP) is 2.83. The van der Waals surface area contributed by atoms with Crippen LogP contribution in [0.15, 0.2) is 24.4 Å². The van der Waals surface area contributed by atoms with Gasteiger partial charge < -0.3 is 5.73 Å². The first-order valence-corrected chi connectivity index (χ1v) is 6.26. The molecular weight excluding hydrogens is 271 g/mol. The summed E-state index contributed by atoms with van der Waals surface area (Å²) in [6.45, 7) is 4.28. The van der Waals surface area contributed by atoms with Crippen LogP contribution in [0.1, 0.15) is 25.1 Å². The molecule has 0 aliphatic heterocycles. The van der Waals surface area contributed by atoms with Crippen LogP contribution < -0.4 is 5.73 Å². The van der Waals surface area contributed by atoms with Gasteiger partial charge in [0.1, 0.15) is 5.69 Å². The third kappa shape index (κ3) is 2.83. The van der Waals surface area contributed by atoms with Gasteiger partial charge in [0, 0.05) is 0 Å². The summed E-state index contributed by atoms with van der Waals surface area (Å²) in [5, 5.41) is 9.16. The second kappa shape index (κ2) is 4.88. The normalized spacial score (nSPS) is 11.8. The fourth-order valence-corrected chi connectivity index (χ4v) is 1.90. The first-order chi connectivity index (χ1) is 8.38. The summed E-state index contributed by atoms with van der Waals surface area (Å²) in [6.07, 6.45) is 1.82. The van der Waals surface area contributed by atoms with Crippen LogP contribution in [0.3, 0.4) is 0 Å². The Morgan fingerprint density at radius 3 is 2.67 bits per heavy atom. The van der Waals surface area contributed by atoms with Crippen LogP contribution in [0.25, 0.3) is 0 Å². The van der Waals surface area contributed by atoms with Gasteiger partial charge in [-0.25, -0.2) is 4.68 Å². The molecule has 0 spiro atoms. The van der Waals surface area contributed by atoms with Crippen LogP contribution in [0.5, 0.6) is 0 Å². The van der Waals surface area contributed by atoms with Gasteiger partial charge in [-0.3, -0.25) is 0 Å². The molecule has 0 saturated heterocycles. The average molecular weight is 285 g/mol. The lowest BCUT2D eigenvalue weighted by molar-refractivity contribution is 0.533. The maximum absolute atomic E-state index is 6.12. The van der Waals surface area contributed by atoms with Gasteiger partial charge in [-0.1, -0.05) is 40.5 Å². The van der Waals surface area contributed by atoms with E-state index >= 15 is 0 Å². The molecule has 0 bridgehead atoms. The largest absolute Gasteiger partial charge is 0.320 e. The van der Waals surface area contributed by atoms with Crippen molar-refractivity contribution in [2.75, 3.05) is 0 Å². The highest BCUT2D eigenvalue weighted by Gasteiger charge is 2.18. The highest BCUT2D eigenvalue weighted by molar-refractivity contribution is 6.42. The molecule has 0 aliphatic rings. The smallest absolute Gasteiger partial charge is 0.102 e. The first-order valence-electron chi connectivity index (χ1n) is 5.50. The molecule has 96 valence electrons. The molecule has 6 heteroatoms. The number of halogens is 2. The van der Waals surface area contributed by atoms with E-state index < -0.39 is 5.54 Å². The number of hydrogen-bond donors (Lipinski definition) is 1. The molecule has 0 aliphatic carbocycles. The summed E-state index contributed by atoms with van der Waals surface area (Å²) < 4.78 is 1.70. The summed E-state index contributed by atoms with van der Waals surface area (Å²) in [5.41, 5.74) is 7.09. The SMILES string of the molecule is CC(C)(N)c1cn(Cc2cccc(Cl)c2Cl)nn1. The average Bonchev–Trinajstić information content (AvgIpc) is 2.73. The van der Waals surface area contributed by atoms with Gasteiger partial charge in [-0.15, -0.1) is 5.10 Å². The maximum Gasteiger partial charge on any atom is 0.102 e. The topological polar surface area (TPSA) is 56.7 Å². The van der Waals surface area contributed by atoms with Crippen LogP contribution in [-0.4, -0.2) is 15.0 Å². The Kier molecular flexibility index (Phi) is 3.61.